The van der Waals surface area contributed by atoms with E-state index in [0.29, 0.717) is 6.20 Å². The minimum absolute atomic E-state index is 0.0109. The quantitative estimate of drug-likeness (QED) is 0.836. The van der Waals surface area contributed by atoms with Gasteiger partial charge in [0.15, 0.2) is 0 Å². The summed E-state index contributed by atoms with van der Waals surface area (Å²) in [4.78, 5) is 16.7. The van der Waals surface area contributed by atoms with Crippen molar-refractivity contribution in [2.45, 2.75) is 12.3 Å². The number of ether oxygens (including phenoxy) is 1. The molecule has 3 rings (SSSR count). The van der Waals surface area contributed by atoms with Gasteiger partial charge in [0.25, 0.3) is 0 Å². The Hall–Kier alpha value is -2.91. The Bertz CT molecular complexity index is 784. The van der Waals surface area contributed by atoms with Crippen molar-refractivity contribution < 1.29 is 31.5 Å². The Balaban J connectivity index is 1.52. The van der Waals surface area contributed by atoms with Crippen LogP contribution in [-0.4, -0.2) is 35.1 Å². The number of nitrogens with one attached hydrogen (secondary N) is 1. The second kappa shape index (κ2) is 6.77. The molecule has 2 aromatic rings. The molecule has 138 valence electrons. The highest BCUT2D eigenvalue weighted by molar-refractivity contribution is 5.90. The normalized spacial score (nSPS) is 14.7. The maximum absolute atomic E-state index is 13.5. The van der Waals surface area contributed by atoms with Crippen LogP contribution in [0.5, 0.6) is 5.88 Å². The maximum Gasteiger partial charge on any atom is 0.417 e. The molecule has 5 nitrogen and oxygen atoms in total. The summed E-state index contributed by atoms with van der Waals surface area (Å²) in [5.41, 5.74) is -1.45. The largest absolute Gasteiger partial charge is 0.471 e. The number of pyridine rings is 1. The van der Waals surface area contributed by atoms with Crippen LogP contribution in [0.4, 0.5) is 32.4 Å². The van der Waals surface area contributed by atoms with Gasteiger partial charge < -0.3 is 15.0 Å². The number of amides is 2. The monoisotopic (exact) mass is 373 g/mol. The van der Waals surface area contributed by atoms with Gasteiger partial charge in [-0.1, -0.05) is 6.07 Å². The molecule has 2 heterocycles. The van der Waals surface area contributed by atoms with Crippen molar-refractivity contribution in [3.8, 4) is 5.88 Å². The standard InChI is InChI=1S/C16H12F5N3O2/c17-11-2-1-3-12(18)14(11)23-15(25)24-7-10(8-24)26-13-5-4-9(6-22-13)16(19,20)21/h1-6,10H,7-8H2,(H,23,25). The number of carbonyl (C=O) groups is 1. The molecule has 2 amide bonds. The van der Waals surface area contributed by atoms with Gasteiger partial charge in [-0.2, -0.15) is 13.2 Å². The van der Waals surface area contributed by atoms with Gasteiger partial charge >= 0.3 is 12.2 Å². The van der Waals surface area contributed by atoms with Gasteiger partial charge in [0.1, 0.15) is 23.4 Å². The lowest BCUT2D eigenvalue weighted by Crippen LogP contribution is -2.57. The molecule has 1 fully saturated rings. The average molecular weight is 373 g/mol. The summed E-state index contributed by atoms with van der Waals surface area (Å²) in [6, 6.07) is 4.40. The van der Waals surface area contributed by atoms with Crippen LogP contribution in [-0.2, 0) is 6.18 Å². The van der Waals surface area contributed by atoms with E-state index in [1.165, 1.54) is 11.0 Å². The number of carbonyl (C=O) groups excluding carboxylic acids is 1. The maximum atomic E-state index is 13.5. The average Bonchev–Trinajstić information content (AvgIpc) is 2.53. The summed E-state index contributed by atoms with van der Waals surface area (Å²) < 4.78 is 69.7. The minimum atomic E-state index is -4.49. The molecule has 0 saturated carbocycles. The number of likely N-dealkylation sites (tertiary alicyclic amines) is 1. The molecular weight excluding hydrogens is 361 g/mol. The molecule has 0 aliphatic carbocycles. The first-order chi connectivity index (χ1) is 12.2. The molecule has 1 N–H and O–H groups in total. The molecule has 0 bridgehead atoms. The number of hydrogen-bond donors (Lipinski definition) is 1. The zero-order valence-electron chi connectivity index (χ0n) is 13.1. The van der Waals surface area contributed by atoms with Gasteiger partial charge in [-0.25, -0.2) is 18.6 Å². The molecule has 0 spiro atoms. The highest BCUT2D eigenvalue weighted by Gasteiger charge is 2.34. The SMILES string of the molecule is O=C(Nc1c(F)cccc1F)N1CC(Oc2ccc(C(F)(F)F)cn2)C1. The third-order valence-corrected chi connectivity index (χ3v) is 3.68. The van der Waals surface area contributed by atoms with Crippen molar-refractivity contribution in [3.05, 3.63) is 53.7 Å². The van der Waals surface area contributed by atoms with Gasteiger partial charge in [-0.15, -0.1) is 0 Å². The molecule has 0 atom stereocenters. The van der Waals surface area contributed by atoms with Crippen LogP contribution < -0.4 is 10.1 Å². The molecule has 1 aliphatic heterocycles. The lowest BCUT2D eigenvalue weighted by Gasteiger charge is -2.38. The van der Waals surface area contributed by atoms with Crippen LogP contribution in [0.2, 0.25) is 0 Å². The van der Waals surface area contributed by atoms with E-state index in [9.17, 15) is 26.7 Å². The number of para-hydroxylation sites is 1. The van der Waals surface area contributed by atoms with Crippen molar-refractivity contribution in [1.82, 2.24) is 9.88 Å². The Morgan fingerprint density at radius 3 is 2.35 bits per heavy atom. The fourth-order valence-corrected chi connectivity index (χ4v) is 2.27. The van der Waals surface area contributed by atoms with E-state index >= 15 is 0 Å². The van der Waals surface area contributed by atoms with Crippen LogP contribution in [0.1, 0.15) is 5.56 Å². The number of aromatic nitrogens is 1. The number of nitrogens with zero attached hydrogens (tertiary/aromatic N) is 2. The van der Waals surface area contributed by atoms with E-state index < -0.39 is 41.2 Å². The number of urea groups is 1. The lowest BCUT2D eigenvalue weighted by molar-refractivity contribution is -0.137. The number of hydrogen-bond acceptors (Lipinski definition) is 3. The predicted octanol–water partition coefficient (Wildman–Crippen LogP) is 3.67. The molecule has 10 heteroatoms. The second-order valence-corrected chi connectivity index (χ2v) is 5.55. The molecular formula is C16H12F5N3O2. The van der Waals surface area contributed by atoms with E-state index in [4.69, 9.17) is 4.74 Å². The van der Waals surface area contributed by atoms with E-state index in [1.807, 2.05) is 0 Å². The van der Waals surface area contributed by atoms with Crippen LogP contribution in [0.15, 0.2) is 36.5 Å². The third kappa shape index (κ3) is 3.84. The zero-order chi connectivity index (χ0) is 18.9. The Morgan fingerprint density at radius 2 is 1.81 bits per heavy atom. The summed E-state index contributed by atoms with van der Waals surface area (Å²) in [5.74, 6) is -1.82. The number of rotatable bonds is 3. The first kappa shape index (κ1) is 17.9. The zero-order valence-corrected chi connectivity index (χ0v) is 13.1. The summed E-state index contributed by atoms with van der Waals surface area (Å²) in [6.07, 6.45) is -4.31. The molecule has 1 aliphatic rings. The van der Waals surface area contributed by atoms with E-state index in [0.717, 1.165) is 24.3 Å². The van der Waals surface area contributed by atoms with Crippen molar-refractivity contribution in [1.29, 1.82) is 0 Å². The number of halogens is 5. The van der Waals surface area contributed by atoms with Gasteiger partial charge in [-0.05, 0) is 18.2 Å². The van der Waals surface area contributed by atoms with E-state index in [-0.39, 0.29) is 19.0 Å². The van der Waals surface area contributed by atoms with Gasteiger partial charge in [0.2, 0.25) is 5.88 Å². The summed E-state index contributed by atoms with van der Waals surface area (Å²) >= 11 is 0. The lowest BCUT2D eigenvalue weighted by atomic mass is 10.2. The summed E-state index contributed by atoms with van der Waals surface area (Å²) in [6.45, 7) is 0.204. The van der Waals surface area contributed by atoms with E-state index in [1.54, 1.807) is 0 Å². The fraction of sp³-hybridized carbons (Fsp3) is 0.250. The van der Waals surface area contributed by atoms with Crippen LogP contribution in [0.25, 0.3) is 0 Å². The Kier molecular flexibility index (Phi) is 4.66. The molecule has 0 radical (unpaired) electrons. The van der Waals surface area contributed by atoms with Gasteiger partial charge in [0, 0.05) is 12.3 Å². The van der Waals surface area contributed by atoms with Crippen LogP contribution in [0, 0.1) is 11.6 Å². The number of alkyl halides is 3. The number of anilines is 1. The summed E-state index contributed by atoms with van der Waals surface area (Å²) in [7, 11) is 0. The smallest absolute Gasteiger partial charge is 0.417 e. The molecule has 1 aromatic heterocycles. The highest BCUT2D eigenvalue weighted by Crippen LogP contribution is 2.29. The van der Waals surface area contributed by atoms with Crippen molar-refractivity contribution in [2.75, 3.05) is 18.4 Å². The van der Waals surface area contributed by atoms with Crippen molar-refractivity contribution in [2.24, 2.45) is 0 Å². The van der Waals surface area contributed by atoms with Crippen LogP contribution in [0.3, 0.4) is 0 Å². The third-order valence-electron chi connectivity index (χ3n) is 3.68. The fourth-order valence-electron chi connectivity index (χ4n) is 2.27. The Labute approximate surface area is 144 Å². The van der Waals surface area contributed by atoms with Crippen molar-refractivity contribution in [3.63, 3.8) is 0 Å². The number of benzene rings is 1. The highest BCUT2D eigenvalue weighted by atomic mass is 19.4. The molecule has 0 unspecified atom stereocenters. The Morgan fingerprint density at radius 1 is 1.15 bits per heavy atom. The second-order valence-electron chi connectivity index (χ2n) is 5.55. The van der Waals surface area contributed by atoms with Gasteiger partial charge in [0.05, 0.1) is 18.7 Å². The summed E-state index contributed by atoms with van der Waals surface area (Å²) in [5, 5.41) is 2.13. The first-order valence-electron chi connectivity index (χ1n) is 7.44. The minimum Gasteiger partial charge on any atom is -0.471 e. The molecule has 1 saturated heterocycles. The van der Waals surface area contributed by atoms with Crippen molar-refractivity contribution >= 4 is 11.7 Å². The van der Waals surface area contributed by atoms with Gasteiger partial charge in [-0.3, -0.25) is 0 Å². The topological polar surface area (TPSA) is 54.5 Å². The molecule has 1 aromatic carbocycles. The van der Waals surface area contributed by atoms with E-state index in [2.05, 4.69) is 10.3 Å². The van der Waals surface area contributed by atoms with Crippen LogP contribution >= 0.6 is 0 Å². The first-order valence-corrected chi connectivity index (χ1v) is 7.44. The predicted molar refractivity (Wildman–Crippen MR) is 80.6 cm³/mol. The molecule has 26 heavy (non-hydrogen) atoms.